The second-order valence-electron chi connectivity index (χ2n) is 4.51. The molecule has 0 aliphatic rings. The van der Waals surface area contributed by atoms with Crippen LogP contribution in [-0.4, -0.2) is 15.4 Å². The summed E-state index contributed by atoms with van der Waals surface area (Å²) in [5.74, 6) is 0.786. The molecule has 0 aromatic heterocycles. The first kappa shape index (κ1) is 12.8. The molecule has 0 aliphatic heterocycles. The predicted molar refractivity (Wildman–Crippen MR) is 65.8 cm³/mol. The van der Waals surface area contributed by atoms with Crippen LogP contribution >= 0.6 is 0 Å². The molecular formula is C12H17NO2Si. The molecule has 0 heterocycles. The van der Waals surface area contributed by atoms with E-state index in [1.165, 1.54) is 0 Å². The van der Waals surface area contributed by atoms with E-state index in [4.69, 9.17) is 14.4 Å². The lowest BCUT2D eigenvalue weighted by Gasteiger charge is -2.21. The van der Waals surface area contributed by atoms with Crippen LogP contribution < -0.4 is 4.74 Å². The van der Waals surface area contributed by atoms with E-state index in [-0.39, 0.29) is 0 Å². The summed E-state index contributed by atoms with van der Waals surface area (Å²) in [4.78, 5) is 0. The number of benzene rings is 1. The SMILES string of the molecule is COc1ccc([C@H](C#N)O[Si](C)(C)C)cc1. The molecule has 1 atom stereocenters. The third-order valence-corrected chi connectivity index (χ3v) is 2.95. The van der Waals surface area contributed by atoms with Gasteiger partial charge in [-0.1, -0.05) is 12.1 Å². The minimum absolute atomic E-state index is 0.474. The van der Waals surface area contributed by atoms with Crippen molar-refractivity contribution < 1.29 is 9.16 Å². The summed E-state index contributed by atoms with van der Waals surface area (Å²) in [6.07, 6.45) is -0.474. The molecule has 0 radical (unpaired) electrons. The molecule has 0 amide bonds. The predicted octanol–water partition coefficient (Wildman–Crippen LogP) is 3.11. The molecule has 0 aliphatic carbocycles. The summed E-state index contributed by atoms with van der Waals surface area (Å²) in [6, 6.07) is 9.60. The lowest BCUT2D eigenvalue weighted by Crippen LogP contribution is -2.27. The summed E-state index contributed by atoms with van der Waals surface area (Å²) in [7, 11) is -0.0793. The number of rotatable bonds is 4. The Morgan fingerprint density at radius 3 is 2.12 bits per heavy atom. The average Bonchev–Trinajstić information content (AvgIpc) is 2.25. The zero-order valence-corrected chi connectivity index (χ0v) is 11.2. The van der Waals surface area contributed by atoms with Gasteiger partial charge in [-0.2, -0.15) is 5.26 Å². The van der Waals surface area contributed by atoms with Crippen molar-refractivity contribution >= 4 is 8.32 Å². The second-order valence-corrected chi connectivity index (χ2v) is 8.97. The van der Waals surface area contributed by atoms with Gasteiger partial charge in [-0.05, 0) is 37.3 Å². The van der Waals surface area contributed by atoms with Crippen LogP contribution in [0.15, 0.2) is 24.3 Å². The Labute approximate surface area is 97.7 Å². The van der Waals surface area contributed by atoms with Crippen LogP contribution in [0, 0.1) is 11.3 Å². The van der Waals surface area contributed by atoms with Gasteiger partial charge in [0.2, 0.25) is 0 Å². The normalized spacial score (nSPS) is 12.9. The fourth-order valence-electron chi connectivity index (χ4n) is 1.30. The number of nitrogens with zero attached hydrogens (tertiary/aromatic N) is 1. The van der Waals surface area contributed by atoms with Gasteiger partial charge in [-0.25, -0.2) is 0 Å². The Hall–Kier alpha value is -1.31. The van der Waals surface area contributed by atoms with Crippen molar-refractivity contribution in [3.63, 3.8) is 0 Å². The zero-order valence-electron chi connectivity index (χ0n) is 10.2. The molecule has 3 nitrogen and oxygen atoms in total. The molecule has 0 saturated heterocycles. The summed E-state index contributed by atoms with van der Waals surface area (Å²) < 4.78 is 10.9. The average molecular weight is 235 g/mol. The molecule has 86 valence electrons. The standard InChI is InChI=1S/C12H17NO2Si/c1-14-11-7-5-10(6-8-11)12(9-13)15-16(2,3)4/h5-8,12H,1-4H3/t12-/m0/s1. The van der Waals surface area contributed by atoms with Crippen molar-refractivity contribution in [1.29, 1.82) is 5.26 Å². The van der Waals surface area contributed by atoms with Crippen LogP contribution in [0.5, 0.6) is 5.75 Å². The van der Waals surface area contributed by atoms with E-state index in [1.54, 1.807) is 7.11 Å². The maximum atomic E-state index is 9.09. The molecule has 0 fully saturated rings. The summed E-state index contributed by atoms with van der Waals surface area (Å²) in [6.45, 7) is 6.21. The highest BCUT2D eigenvalue weighted by molar-refractivity contribution is 6.69. The summed E-state index contributed by atoms with van der Waals surface area (Å²) >= 11 is 0. The zero-order chi connectivity index (χ0) is 12.2. The summed E-state index contributed by atoms with van der Waals surface area (Å²) in [5, 5.41) is 9.09. The van der Waals surface area contributed by atoms with Gasteiger partial charge in [-0.3, -0.25) is 0 Å². The molecule has 0 N–H and O–H groups in total. The maximum Gasteiger partial charge on any atom is 0.186 e. The van der Waals surface area contributed by atoms with Crippen molar-refractivity contribution in [3.8, 4) is 11.8 Å². The van der Waals surface area contributed by atoms with Gasteiger partial charge in [0.05, 0.1) is 13.2 Å². The van der Waals surface area contributed by atoms with Gasteiger partial charge in [0.15, 0.2) is 14.4 Å². The molecule has 0 unspecified atom stereocenters. The van der Waals surface area contributed by atoms with Crippen LogP contribution in [0.4, 0.5) is 0 Å². The Morgan fingerprint density at radius 1 is 1.19 bits per heavy atom. The molecular weight excluding hydrogens is 218 g/mol. The Kier molecular flexibility index (Phi) is 4.10. The summed E-state index contributed by atoms with van der Waals surface area (Å²) in [5.41, 5.74) is 0.880. The highest BCUT2D eigenvalue weighted by Gasteiger charge is 2.22. The Morgan fingerprint density at radius 2 is 1.75 bits per heavy atom. The van der Waals surface area contributed by atoms with E-state index in [0.29, 0.717) is 0 Å². The minimum Gasteiger partial charge on any atom is -0.497 e. The van der Waals surface area contributed by atoms with E-state index >= 15 is 0 Å². The third kappa shape index (κ3) is 3.68. The van der Waals surface area contributed by atoms with E-state index in [2.05, 4.69) is 25.7 Å². The van der Waals surface area contributed by atoms with E-state index in [9.17, 15) is 0 Å². The van der Waals surface area contributed by atoms with Crippen LogP contribution in [0.1, 0.15) is 11.7 Å². The first-order valence-electron chi connectivity index (χ1n) is 5.17. The number of ether oxygens (including phenoxy) is 1. The van der Waals surface area contributed by atoms with Gasteiger partial charge in [0.1, 0.15) is 5.75 Å². The minimum atomic E-state index is -1.70. The smallest absolute Gasteiger partial charge is 0.186 e. The van der Waals surface area contributed by atoms with Crippen molar-refractivity contribution in [2.45, 2.75) is 25.7 Å². The van der Waals surface area contributed by atoms with Gasteiger partial charge >= 0.3 is 0 Å². The van der Waals surface area contributed by atoms with Crippen LogP contribution in [0.3, 0.4) is 0 Å². The molecule has 0 saturated carbocycles. The first-order chi connectivity index (χ1) is 7.46. The molecule has 1 aromatic rings. The molecule has 4 heteroatoms. The number of nitriles is 1. The van der Waals surface area contributed by atoms with Crippen molar-refractivity contribution in [2.24, 2.45) is 0 Å². The van der Waals surface area contributed by atoms with Gasteiger partial charge < -0.3 is 9.16 Å². The Bertz CT molecular complexity index is 375. The highest BCUT2D eigenvalue weighted by atomic mass is 28.4. The number of methoxy groups -OCH3 is 1. The molecule has 1 rings (SSSR count). The van der Waals surface area contributed by atoms with Crippen molar-refractivity contribution in [2.75, 3.05) is 7.11 Å². The fourth-order valence-corrected chi connectivity index (χ4v) is 2.20. The molecule has 0 bridgehead atoms. The van der Waals surface area contributed by atoms with Gasteiger partial charge in [0, 0.05) is 0 Å². The quantitative estimate of drug-likeness (QED) is 0.753. The maximum absolute atomic E-state index is 9.09. The fraction of sp³-hybridized carbons (Fsp3) is 0.417. The monoisotopic (exact) mass is 235 g/mol. The number of hydrogen-bond donors (Lipinski definition) is 0. The van der Waals surface area contributed by atoms with Crippen LogP contribution in [-0.2, 0) is 4.43 Å². The first-order valence-corrected chi connectivity index (χ1v) is 8.58. The highest BCUT2D eigenvalue weighted by Crippen LogP contribution is 2.23. The largest absolute Gasteiger partial charge is 0.497 e. The van der Waals surface area contributed by atoms with Crippen LogP contribution in [0.2, 0.25) is 19.6 Å². The lowest BCUT2D eigenvalue weighted by molar-refractivity contribution is 0.255. The molecule has 1 aromatic carbocycles. The van der Waals surface area contributed by atoms with Crippen molar-refractivity contribution in [1.82, 2.24) is 0 Å². The second kappa shape index (κ2) is 5.15. The van der Waals surface area contributed by atoms with Gasteiger partial charge in [-0.15, -0.1) is 0 Å². The molecule has 16 heavy (non-hydrogen) atoms. The number of hydrogen-bond acceptors (Lipinski definition) is 3. The lowest BCUT2D eigenvalue weighted by atomic mass is 10.1. The Balaban J connectivity index is 2.84. The molecule has 0 spiro atoms. The van der Waals surface area contributed by atoms with E-state index in [1.807, 2.05) is 24.3 Å². The van der Waals surface area contributed by atoms with Crippen molar-refractivity contribution in [3.05, 3.63) is 29.8 Å². The van der Waals surface area contributed by atoms with E-state index < -0.39 is 14.4 Å². The van der Waals surface area contributed by atoms with E-state index in [0.717, 1.165) is 11.3 Å². The topological polar surface area (TPSA) is 42.2 Å². The van der Waals surface area contributed by atoms with Crippen LogP contribution in [0.25, 0.3) is 0 Å². The van der Waals surface area contributed by atoms with Gasteiger partial charge in [0.25, 0.3) is 0 Å². The third-order valence-electron chi connectivity index (χ3n) is 2.01.